The van der Waals surface area contributed by atoms with E-state index in [1.165, 1.54) is 0 Å². The summed E-state index contributed by atoms with van der Waals surface area (Å²) >= 11 is 1.12. The van der Waals surface area contributed by atoms with Crippen LogP contribution in [0.15, 0.2) is 4.90 Å². The topological polar surface area (TPSA) is 104 Å². The van der Waals surface area contributed by atoms with Crippen LogP contribution in [0.25, 0.3) is 0 Å². The summed E-state index contributed by atoms with van der Waals surface area (Å²) in [6.45, 7) is 0. The number of aromatic nitrogens is 2. The summed E-state index contributed by atoms with van der Waals surface area (Å²) in [4.78, 5) is 17.5. The number of carbonyl (C=O) groups is 1. The molecule has 0 fully saturated rings. The normalized spacial score (nSPS) is 10.1. The molecule has 0 amide bonds. The predicted octanol–water partition coefficient (Wildman–Crippen LogP) is 0.237. The second kappa shape index (κ2) is 4.14. The van der Waals surface area contributed by atoms with Crippen molar-refractivity contribution in [2.75, 3.05) is 6.26 Å². The van der Waals surface area contributed by atoms with Crippen LogP contribution < -0.4 is 0 Å². The number of carboxylic acids is 1. The number of nitrogens with zero attached hydrogens (tertiary/aromatic N) is 2. The minimum Gasteiger partial charge on any atom is -0.492 e. The van der Waals surface area contributed by atoms with E-state index in [0.29, 0.717) is 0 Å². The lowest BCUT2D eigenvalue weighted by molar-refractivity contribution is -0.136. The largest absolute Gasteiger partial charge is 0.492 e. The smallest absolute Gasteiger partial charge is 0.317 e. The SMILES string of the molecule is CSc1c(O)nc(O)nc1CC(=O)O. The molecule has 0 aliphatic heterocycles. The Morgan fingerprint density at radius 1 is 1.43 bits per heavy atom. The second-order valence-corrected chi connectivity index (χ2v) is 3.21. The number of aliphatic carboxylic acids is 1. The van der Waals surface area contributed by atoms with Gasteiger partial charge < -0.3 is 15.3 Å². The molecule has 1 aromatic rings. The molecular weight excluding hydrogens is 208 g/mol. The summed E-state index contributed by atoms with van der Waals surface area (Å²) in [5.74, 6) is -1.49. The maximum Gasteiger partial charge on any atom is 0.317 e. The van der Waals surface area contributed by atoms with Gasteiger partial charge in [0, 0.05) is 0 Å². The number of hydrogen-bond acceptors (Lipinski definition) is 6. The van der Waals surface area contributed by atoms with E-state index in [1.54, 1.807) is 6.26 Å². The van der Waals surface area contributed by atoms with Crippen molar-refractivity contribution >= 4 is 17.7 Å². The maximum atomic E-state index is 10.4. The van der Waals surface area contributed by atoms with Gasteiger partial charge in [0.2, 0.25) is 5.88 Å². The fourth-order valence-corrected chi connectivity index (χ4v) is 1.52. The van der Waals surface area contributed by atoms with Gasteiger partial charge in [0.15, 0.2) is 0 Å². The number of thioether (sulfide) groups is 1. The quantitative estimate of drug-likeness (QED) is 0.621. The van der Waals surface area contributed by atoms with Crippen molar-refractivity contribution in [3.05, 3.63) is 5.69 Å². The van der Waals surface area contributed by atoms with Gasteiger partial charge in [-0.1, -0.05) is 0 Å². The van der Waals surface area contributed by atoms with E-state index in [1.807, 2.05) is 0 Å². The Morgan fingerprint density at radius 2 is 2.07 bits per heavy atom. The molecule has 6 nitrogen and oxygen atoms in total. The first kappa shape index (κ1) is 10.6. The third-order valence-electron chi connectivity index (χ3n) is 1.43. The number of rotatable bonds is 3. The summed E-state index contributed by atoms with van der Waals surface area (Å²) in [5.41, 5.74) is 0.106. The van der Waals surface area contributed by atoms with Crippen LogP contribution in [0.1, 0.15) is 5.69 Å². The van der Waals surface area contributed by atoms with Gasteiger partial charge in [-0.05, 0) is 6.26 Å². The Hall–Kier alpha value is -1.50. The van der Waals surface area contributed by atoms with E-state index >= 15 is 0 Å². The third kappa shape index (κ3) is 2.25. The summed E-state index contributed by atoms with van der Waals surface area (Å²) in [5, 5.41) is 26.7. The maximum absolute atomic E-state index is 10.4. The summed E-state index contributed by atoms with van der Waals surface area (Å²) < 4.78 is 0. The lowest BCUT2D eigenvalue weighted by Crippen LogP contribution is -2.04. The fraction of sp³-hybridized carbons (Fsp3) is 0.286. The van der Waals surface area contributed by atoms with Crippen LogP contribution in [0.5, 0.6) is 11.9 Å². The molecule has 7 heteroatoms. The molecule has 3 N–H and O–H groups in total. The Balaban J connectivity index is 3.17. The molecule has 0 aliphatic carbocycles. The van der Waals surface area contributed by atoms with Crippen molar-refractivity contribution in [3.8, 4) is 11.9 Å². The van der Waals surface area contributed by atoms with Crippen molar-refractivity contribution in [2.24, 2.45) is 0 Å². The zero-order valence-electron chi connectivity index (χ0n) is 7.26. The Kier molecular flexibility index (Phi) is 3.13. The Morgan fingerprint density at radius 3 is 2.57 bits per heavy atom. The van der Waals surface area contributed by atoms with Crippen molar-refractivity contribution in [3.63, 3.8) is 0 Å². The van der Waals surface area contributed by atoms with Crippen LogP contribution in [0.2, 0.25) is 0 Å². The molecule has 0 spiro atoms. The Labute approximate surface area is 83.6 Å². The monoisotopic (exact) mass is 216 g/mol. The van der Waals surface area contributed by atoms with Gasteiger partial charge in [-0.25, -0.2) is 0 Å². The summed E-state index contributed by atoms with van der Waals surface area (Å²) in [6, 6.07) is -0.628. The molecule has 76 valence electrons. The van der Waals surface area contributed by atoms with Crippen molar-refractivity contribution in [2.45, 2.75) is 11.3 Å². The molecule has 0 aromatic carbocycles. The van der Waals surface area contributed by atoms with Crippen LogP contribution in [0.4, 0.5) is 0 Å². The summed E-state index contributed by atoms with van der Waals surface area (Å²) in [7, 11) is 0. The molecule has 0 radical (unpaired) electrons. The molecule has 0 saturated carbocycles. The van der Waals surface area contributed by atoms with Crippen LogP contribution >= 0.6 is 11.8 Å². The van der Waals surface area contributed by atoms with Crippen LogP contribution in [-0.2, 0) is 11.2 Å². The van der Waals surface area contributed by atoms with Gasteiger partial charge in [-0.2, -0.15) is 9.97 Å². The van der Waals surface area contributed by atoms with Crippen molar-refractivity contribution in [1.29, 1.82) is 0 Å². The van der Waals surface area contributed by atoms with Crippen molar-refractivity contribution < 1.29 is 20.1 Å². The highest BCUT2D eigenvalue weighted by molar-refractivity contribution is 7.98. The van der Waals surface area contributed by atoms with E-state index in [0.717, 1.165) is 11.8 Å². The molecule has 1 aromatic heterocycles. The van der Waals surface area contributed by atoms with E-state index in [9.17, 15) is 9.90 Å². The highest BCUT2D eigenvalue weighted by Gasteiger charge is 2.15. The minimum absolute atomic E-state index is 0.106. The standard InChI is InChI=1S/C7H8N2O4S/c1-14-5-3(2-4(10)11)8-7(13)9-6(5)12/h2H2,1H3,(H,10,11)(H2,8,9,12,13). The summed E-state index contributed by atoms with van der Waals surface area (Å²) in [6.07, 6.45) is 1.29. The minimum atomic E-state index is -1.09. The van der Waals surface area contributed by atoms with Gasteiger partial charge in [0.05, 0.1) is 17.0 Å². The molecule has 0 unspecified atom stereocenters. The highest BCUT2D eigenvalue weighted by atomic mass is 32.2. The third-order valence-corrected chi connectivity index (χ3v) is 2.26. The van der Waals surface area contributed by atoms with Gasteiger partial charge in [-0.3, -0.25) is 4.79 Å². The number of aromatic hydroxyl groups is 2. The zero-order chi connectivity index (χ0) is 10.7. The molecule has 14 heavy (non-hydrogen) atoms. The average Bonchev–Trinajstić information content (AvgIpc) is 2.01. The molecule has 0 bridgehead atoms. The molecule has 1 rings (SSSR count). The van der Waals surface area contributed by atoms with Gasteiger partial charge in [0.25, 0.3) is 0 Å². The molecule has 0 atom stereocenters. The van der Waals surface area contributed by atoms with Crippen LogP contribution in [0, 0.1) is 0 Å². The van der Waals surface area contributed by atoms with Crippen LogP contribution in [-0.4, -0.2) is 37.5 Å². The van der Waals surface area contributed by atoms with Crippen molar-refractivity contribution in [1.82, 2.24) is 9.97 Å². The number of hydrogen-bond donors (Lipinski definition) is 3. The Bertz CT molecular complexity index is 369. The fourth-order valence-electron chi connectivity index (χ4n) is 0.943. The molecular formula is C7H8N2O4S. The molecule has 0 aliphatic rings. The highest BCUT2D eigenvalue weighted by Crippen LogP contribution is 2.29. The van der Waals surface area contributed by atoms with E-state index in [4.69, 9.17) is 10.2 Å². The molecule has 1 heterocycles. The van der Waals surface area contributed by atoms with E-state index in [-0.39, 0.29) is 17.0 Å². The zero-order valence-corrected chi connectivity index (χ0v) is 8.08. The molecule has 0 saturated heterocycles. The van der Waals surface area contributed by atoms with E-state index < -0.39 is 17.9 Å². The average molecular weight is 216 g/mol. The first-order valence-corrected chi connectivity index (χ1v) is 4.81. The number of carboxylic acid groups (broad SMARTS) is 1. The predicted molar refractivity (Wildman–Crippen MR) is 48.5 cm³/mol. The van der Waals surface area contributed by atoms with Gasteiger partial charge >= 0.3 is 12.0 Å². The lowest BCUT2D eigenvalue weighted by atomic mass is 10.3. The first-order valence-electron chi connectivity index (χ1n) is 3.59. The second-order valence-electron chi connectivity index (χ2n) is 2.40. The van der Waals surface area contributed by atoms with E-state index in [2.05, 4.69) is 9.97 Å². The van der Waals surface area contributed by atoms with Crippen LogP contribution in [0.3, 0.4) is 0 Å². The van der Waals surface area contributed by atoms with Gasteiger partial charge in [0.1, 0.15) is 0 Å². The lowest BCUT2D eigenvalue weighted by Gasteiger charge is -2.05. The van der Waals surface area contributed by atoms with Gasteiger partial charge in [-0.15, -0.1) is 11.8 Å². The first-order chi connectivity index (χ1) is 6.54.